The van der Waals surface area contributed by atoms with Gasteiger partial charge < -0.3 is 15.0 Å². The zero-order valence-electron chi connectivity index (χ0n) is 16.0. The van der Waals surface area contributed by atoms with Gasteiger partial charge in [0.25, 0.3) is 0 Å². The molecule has 5 nitrogen and oxygen atoms in total. The third kappa shape index (κ3) is 5.90. The van der Waals surface area contributed by atoms with E-state index < -0.39 is 9.84 Å². The normalized spacial score (nSPS) is 24.0. The van der Waals surface area contributed by atoms with E-state index in [4.69, 9.17) is 17.0 Å². The van der Waals surface area contributed by atoms with Gasteiger partial charge in [-0.3, -0.25) is 0 Å². The van der Waals surface area contributed by atoms with Crippen LogP contribution in [0.4, 0.5) is 5.69 Å². The van der Waals surface area contributed by atoms with Crippen LogP contribution < -0.4 is 5.32 Å². The summed E-state index contributed by atoms with van der Waals surface area (Å²) in [4.78, 5) is 2.04. The molecule has 2 aliphatic rings. The van der Waals surface area contributed by atoms with Crippen molar-refractivity contribution in [3.05, 3.63) is 29.8 Å². The SMILES string of the molecule is CCCCc1ccc(NC(=S)N(C[C@H]2CCCO2)[C@H]2CCS(=O)(=O)C2)cc1. The molecule has 2 heterocycles. The highest BCUT2D eigenvalue weighted by Gasteiger charge is 2.35. The summed E-state index contributed by atoms with van der Waals surface area (Å²) in [7, 11) is -2.96. The van der Waals surface area contributed by atoms with E-state index in [0.29, 0.717) is 18.1 Å². The van der Waals surface area contributed by atoms with Crippen LogP contribution in [0.5, 0.6) is 0 Å². The van der Waals surface area contributed by atoms with Crippen molar-refractivity contribution in [2.24, 2.45) is 0 Å². The average Bonchev–Trinajstić information content (AvgIpc) is 3.28. The molecule has 0 unspecified atom stereocenters. The first-order chi connectivity index (χ1) is 13.0. The standard InChI is InChI=1S/C20H30N2O3S2/c1-2-3-5-16-7-9-17(10-8-16)21-20(26)22(14-19-6-4-12-25-19)18-11-13-27(23,24)15-18/h7-10,18-19H,2-6,11-15H2,1H3,(H,21,26)/t18-,19+/m0/s1. The molecule has 0 aromatic heterocycles. The molecule has 3 rings (SSSR count). The Morgan fingerprint density at radius 3 is 2.67 bits per heavy atom. The van der Waals surface area contributed by atoms with Gasteiger partial charge in [-0.2, -0.15) is 0 Å². The number of sulfone groups is 1. The van der Waals surface area contributed by atoms with Gasteiger partial charge in [0, 0.05) is 24.9 Å². The summed E-state index contributed by atoms with van der Waals surface area (Å²) in [5, 5.41) is 3.90. The van der Waals surface area contributed by atoms with Crippen molar-refractivity contribution in [1.82, 2.24) is 4.90 Å². The lowest BCUT2D eigenvalue weighted by Gasteiger charge is -2.33. The molecule has 0 saturated carbocycles. The number of unbranched alkanes of at least 4 members (excludes halogenated alkanes) is 1. The quantitative estimate of drug-likeness (QED) is 0.696. The van der Waals surface area contributed by atoms with Crippen molar-refractivity contribution in [3.8, 4) is 0 Å². The van der Waals surface area contributed by atoms with Crippen molar-refractivity contribution in [2.75, 3.05) is 30.0 Å². The minimum atomic E-state index is -2.96. The Morgan fingerprint density at radius 1 is 1.30 bits per heavy atom. The van der Waals surface area contributed by atoms with Crippen molar-refractivity contribution in [3.63, 3.8) is 0 Å². The molecule has 27 heavy (non-hydrogen) atoms. The summed E-state index contributed by atoms with van der Waals surface area (Å²) in [6, 6.07) is 8.29. The Morgan fingerprint density at radius 2 is 2.07 bits per heavy atom. The van der Waals surface area contributed by atoms with E-state index in [1.807, 2.05) is 17.0 Å². The molecule has 2 saturated heterocycles. The lowest BCUT2D eigenvalue weighted by molar-refractivity contribution is 0.0851. The van der Waals surface area contributed by atoms with E-state index in [2.05, 4.69) is 24.4 Å². The van der Waals surface area contributed by atoms with Gasteiger partial charge >= 0.3 is 0 Å². The zero-order valence-corrected chi connectivity index (χ0v) is 17.7. The van der Waals surface area contributed by atoms with Gasteiger partial charge in [0.2, 0.25) is 0 Å². The smallest absolute Gasteiger partial charge is 0.173 e. The molecule has 2 fully saturated rings. The number of benzene rings is 1. The number of nitrogens with zero attached hydrogens (tertiary/aromatic N) is 1. The fourth-order valence-corrected chi connectivity index (χ4v) is 5.83. The average molecular weight is 411 g/mol. The lowest BCUT2D eigenvalue weighted by atomic mass is 10.1. The predicted octanol–water partition coefficient (Wildman–Crippen LogP) is 3.39. The van der Waals surface area contributed by atoms with Crippen LogP contribution in [0, 0.1) is 0 Å². The predicted molar refractivity (Wildman–Crippen MR) is 114 cm³/mol. The fraction of sp³-hybridized carbons (Fsp3) is 0.650. The maximum Gasteiger partial charge on any atom is 0.173 e. The lowest BCUT2D eigenvalue weighted by Crippen LogP contribution is -2.47. The summed E-state index contributed by atoms with van der Waals surface area (Å²) < 4.78 is 29.7. The van der Waals surface area contributed by atoms with E-state index in [1.165, 1.54) is 18.4 Å². The summed E-state index contributed by atoms with van der Waals surface area (Å²) in [5.41, 5.74) is 2.27. The third-order valence-corrected chi connectivity index (χ3v) is 7.45. The summed E-state index contributed by atoms with van der Waals surface area (Å²) in [6.07, 6.45) is 6.29. The monoisotopic (exact) mass is 410 g/mol. The Balaban J connectivity index is 1.66. The maximum absolute atomic E-state index is 12.0. The molecule has 2 atom stereocenters. The van der Waals surface area contributed by atoms with Crippen LogP contribution in [0.1, 0.15) is 44.6 Å². The summed E-state index contributed by atoms with van der Waals surface area (Å²) in [5.74, 6) is 0.423. The highest BCUT2D eigenvalue weighted by atomic mass is 32.2. The minimum Gasteiger partial charge on any atom is -0.376 e. The van der Waals surface area contributed by atoms with Gasteiger partial charge in [-0.25, -0.2) is 8.42 Å². The number of hydrogen-bond acceptors (Lipinski definition) is 4. The van der Waals surface area contributed by atoms with Crippen LogP contribution in [0.15, 0.2) is 24.3 Å². The molecule has 1 N–H and O–H groups in total. The third-order valence-electron chi connectivity index (χ3n) is 5.36. The highest BCUT2D eigenvalue weighted by molar-refractivity contribution is 7.91. The molecule has 150 valence electrons. The number of aryl methyl sites for hydroxylation is 1. The number of anilines is 1. The van der Waals surface area contributed by atoms with Gasteiger partial charge in [0.15, 0.2) is 14.9 Å². The molecule has 0 spiro atoms. The fourth-order valence-electron chi connectivity index (χ4n) is 3.76. The Bertz CT molecular complexity index is 728. The number of hydrogen-bond donors (Lipinski definition) is 1. The number of ether oxygens (including phenoxy) is 1. The molecule has 1 aromatic rings. The first-order valence-corrected chi connectivity index (χ1v) is 12.2. The van der Waals surface area contributed by atoms with Crippen molar-refractivity contribution < 1.29 is 13.2 Å². The van der Waals surface area contributed by atoms with E-state index in [9.17, 15) is 8.42 Å². The molecule has 0 amide bonds. The molecular formula is C20H30N2O3S2. The van der Waals surface area contributed by atoms with E-state index in [0.717, 1.165) is 31.6 Å². The Hall–Kier alpha value is -1.18. The van der Waals surface area contributed by atoms with E-state index in [-0.39, 0.29) is 23.7 Å². The summed E-state index contributed by atoms with van der Waals surface area (Å²) in [6.45, 7) is 3.63. The van der Waals surface area contributed by atoms with Crippen molar-refractivity contribution >= 4 is 32.9 Å². The van der Waals surface area contributed by atoms with Crippen LogP contribution in [-0.4, -0.2) is 55.2 Å². The zero-order chi connectivity index (χ0) is 19.3. The van der Waals surface area contributed by atoms with Crippen LogP contribution in [-0.2, 0) is 21.0 Å². The molecule has 2 aliphatic heterocycles. The van der Waals surface area contributed by atoms with Crippen molar-refractivity contribution in [2.45, 2.75) is 57.6 Å². The van der Waals surface area contributed by atoms with E-state index in [1.54, 1.807) is 0 Å². The van der Waals surface area contributed by atoms with Crippen molar-refractivity contribution in [1.29, 1.82) is 0 Å². The van der Waals surface area contributed by atoms with Crippen LogP contribution >= 0.6 is 12.2 Å². The van der Waals surface area contributed by atoms with Crippen LogP contribution in [0.2, 0.25) is 0 Å². The second-order valence-corrected chi connectivity index (χ2v) is 10.2. The van der Waals surface area contributed by atoms with Crippen LogP contribution in [0.3, 0.4) is 0 Å². The first-order valence-electron chi connectivity index (χ1n) is 9.95. The molecule has 0 aliphatic carbocycles. The Kier molecular flexibility index (Phi) is 7.11. The number of thiocarbonyl (C=S) groups is 1. The second-order valence-electron chi connectivity index (χ2n) is 7.57. The topological polar surface area (TPSA) is 58.6 Å². The van der Waals surface area contributed by atoms with Gasteiger partial charge in [0.05, 0.1) is 17.6 Å². The minimum absolute atomic E-state index is 0.0666. The number of nitrogens with one attached hydrogen (secondary N) is 1. The maximum atomic E-state index is 12.0. The Labute approximate surface area is 168 Å². The molecular weight excluding hydrogens is 380 g/mol. The molecule has 0 radical (unpaired) electrons. The second kappa shape index (κ2) is 9.34. The first kappa shape index (κ1) is 20.6. The van der Waals surface area contributed by atoms with Gasteiger partial charge in [-0.05, 0) is 62.0 Å². The summed E-state index contributed by atoms with van der Waals surface area (Å²) >= 11 is 5.67. The van der Waals surface area contributed by atoms with Crippen LogP contribution in [0.25, 0.3) is 0 Å². The largest absolute Gasteiger partial charge is 0.376 e. The van der Waals surface area contributed by atoms with Gasteiger partial charge in [-0.15, -0.1) is 0 Å². The number of rotatable bonds is 7. The van der Waals surface area contributed by atoms with E-state index >= 15 is 0 Å². The molecule has 0 bridgehead atoms. The van der Waals surface area contributed by atoms with Gasteiger partial charge in [0.1, 0.15) is 0 Å². The highest BCUT2D eigenvalue weighted by Crippen LogP contribution is 2.23. The molecule has 7 heteroatoms. The molecule has 1 aromatic carbocycles. The van der Waals surface area contributed by atoms with Gasteiger partial charge in [-0.1, -0.05) is 25.5 Å².